The zero-order valence-corrected chi connectivity index (χ0v) is 6.88. The maximum atomic E-state index is 9.32. The average Bonchev–Trinajstić information content (AvgIpc) is 2.07. The highest BCUT2D eigenvalue weighted by molar-refractivity contribution is 4.86. The van der Waals surface area contributed by atoms with Gasteiger partial charge >= 0.3 is 0 Å². The molecule has 0 radical (unpaired) electrons. The molecule has 0 saturated carbocycles. The van der Waals surface area contributed by atoms with Crippen molar-refractivity contribution in [2.75, 3.05) is 20.3 Å². The first-order chi connectivity index (χ1) is 5.66. The van der Waals surface area contributed by atoms with E-state index in [2.05, 4.69) is 0 Å². The fraction of sp³-hybridized carbons (Fsp3) is 1.00. The fourth-order valence-electron chi connectivity index (χ4n) is 1.18. The molecule has 1 aliphatic heterocycles. The van der Waals surface area contributed by atoms with Crippen LogP contribution in [0.1, 0.15) is 0 Å². The zero-order valence-electron chi connectivity index (χ0n) is 6.88. The summed E-state index contributed by atoms with van der Waals surface area (Å²) in [7, 11) is 1.48. The van der Waals surface area contributed by atoms with E-state index in [1.807, 2.05) is 0 Å². The minimum Gasteiger partial charge on any atom is -0.388 e. The molecule has 0 spiro atoms. The molecule has 1 saturated heterocycles. The molecule has 1 aliphatic rings. The molecule has 0 aromatic carbocycles. The van der Waals surface area contributed by atoms with Crippen LogP contribution >= 0.6 is 0 Å². The van der Waals surface area contributed by atoms with Gasteiger partial charge in [0.2, 0.25) is 0 Å². The lowest BCUT2D eigenvalue weighted by Crippen LogP contribution is -2.54. The van der Waals surface area contributed by atoms with Crippen molar-refractivity contribution in [3.63, 3.8) is 0 Å². The maximum Gasteiger partial charge on any atom is 0.111 e. The number of methoxy groups -OCH3 is 1. The normalized spacial score (nSPS) is 43.0. The van der Waals surface area contributed by atoms with Crippen molar-refractivity contribution in [1.82, 2.24) is 0 Å². The van der Waals surface area contributed by atoms with Crippen LogP contribution in [0.25, 0.3) is 0 Å². The zero-order chi connectivity index (χ0) is 9.14. The lowest BCUT2D eigenvalue weighted by atomic mass is 10.0. The number of hydrogen-bond acceptors (Lipinski definition) is 5. The Morgan fingerprint density at radius 1 is 1.33 bits per heavy atom. The van der Waals surface area contributed by atoms with Crippen molar-refractivity contribution in [3.8, 4) is 0 Å². The molecule has 0 bridgehead atoms. The average molecular weight is 178 g/mol. The second kappa shape index (κ2) is 4.15. The van der Waals surface area contributed by atoms with E-state index in [1.165, 1.54) is 7.11 Å². The Labute approximate surface area is 70.5 Å². The minimum absolute atomic E-state index is 0.0340. The van der Waals surface area contributed by atoms with E-state index in [9.17, 15) is 10.2 Å². The summed E-state index contributed by atoms with van der Waals surface area (Å²) < 4.78 is 9.79. The van der Waals surface area contributed by atoms with Gasteiger partial charge in [0.05, 0.1) is 13.2 Å². The van der Waals surface area contributed by atoms with Gasteiger partial charge in [-0.3, -0.25) is 0 Å². The van der Waals surface area contributed by atoms with Gasteiger partial charge in [0, 0.05) is 7.11 Å². The summed E-state index contributed by atoms with van der Waals surface area (Å²) in [4.78, 5) is 0. The number of ether oxygens (including phenoxy) is 2. The number of aliphatic hydroxyl groups is 3. The highest BCUT2D eigenvalue weighted by atomic mass is 16.6. The van der Waals surface area contributed by atoms with Crippen molar-refractivity contribution in [2.45, 2.75) is 24.4 Å². The maximum absolute atomic E-state index is 9.32. The Balaban J connectivity index is 2.46. The predicted molar refractivity (Wildman–Crippen MR) is 39.6 cm³/mol. The summed E-state index contributed by atoms with van der Waals surface area (Å²) in [5, 5.41) is 27.6. The third kappa shape index (κ3) is 1.94. The third-order valence-electron chi connectivity index (χ3n) is 1.94. The summed E-state index contributed by atoms with van der Waals surface area (Å²) in [5.41, 5.74) is 0. The van der Waals surface area contributed by atoms with Crippen molar-refractivity contribution in [2.24, 2.45) is 0 Å². The predicted octanol–water partition coefficient (Wildman–Crippen LogP) is -1.89. The fourth-order valence-corrected chi connectivity index (χ4v) is 1.18. The minimum atomic E-state index is -1.14. The third-order valence-corrected chi connectivity index (χ3v) is 1.94. The van der Waals surface area contributed by atoms with Gasteiger partial charge in [-0.1, -0.05) is 0 Å². The van der Waals surface area contributed by atoms with E-state index in [-0.39, 0.29) is 13.2 Å². The van der Waals surface area contributed by atoms with Crippen molar-refractivity contribution >= 4 is 0 Å². The highest BCUT2D eigenvalue weighted by Crippen LogP contribution is 2.15. The van der Waals surface area contributed by atoms with Gasteiger partial charge in [-0.05, 0) is 0 Å². The molecule has 12 heavy (non-hydrogen) atoms. The molecular weight excluding hydrogens is 164 g/mol. The summed E-state index contributed by atoms with van der Waals surface area (Å²) >= 11 is 0. The van der Waals surface area contributed by atoms with Crippen LogP contribution in [0.5, 0.6) is 0 Å². The van der Waals surface area contributed by atoms with Crippen LogP contribution in [0.15, 0.2) is 0 Å². The molecule has 1 heterocycles. The number of aliphatic hydroxyl groups excluding tert-OH is 3. The Kier molecular flexibility index (Phi) is 3.42. The molecule has 0 aromatic heterocycles. The summed E-state index contributed by atoms with van der Waals surface area (Å²) in [6.45, 7) is 0.247. The highest BCUT2D eigenvalue weighted by Gasteiger charge is 2.37. The standard InChI is InChI=1S/C7H14O5/c1-11-3-5-7(10)6(9)4(8)2-12-5/h4-10H,2-3H2,1H3. The van der Waals surface area contributed by atoms with Crippen LogP contribution in [-0.4, -0.2) is 60.1 Å². The topological polar surface area (TPSA) is 79.2 Å². The Morgan fingerprint density at radius 2 is 2.00 bits per heavy atom. The van der Waals surface area contributed by atoms with Crippen molar-refractivity contribution < 1.29 is 24.8 Å². The SMILES string of the molecule is COCC1OCC(O)C(O)C1O. The molecular formula is C7H14O5. The molecule has 0 amide bonds. The lowest BCUT2D eigenvalue weighted by Gasteiger charge is -2.34. The number of hydrogen-bond donors (Lipinski definition) is 3. The van der Waals surface area contributed by atoms with Gasteiger partial charge in [0.15, 0.2) is 0 Å². The van der Waals surface area contributed by atoms with Crippen molar-refractivity contribution in [3.05, 3.63) is 0 Å². The Hall–Kier alpha value is -0.200. The molecule has 5 nitrogen and oxygen atoms in total. The first-order valence-electron chi connectivity index (χ1n) is 3.81. The van der Waals surface area contributed by atoms with Gasteiger partial charge in [-0.2, -0.15) is 0 Å². The Bertz CT molecular complexity index is 140. The van der Waals surface area contributed by atoms with E-state index >= 15 is 0 Å². The van der Waals surface area contributed by atoms with E-state index in [1.54, 1.807) is 0 Å². The second-order valence-electron chi connectivity index (χ2n) is 2.88. The van der Waals surface area contributed by atoms with E-state index in [0.717, 1.165) is 0 Å². The molecule has 1 rings (SSSR count). The molecule has 5 heteroatoms. The van der Waals surface area contributed by atoms with Crippen LogP contribution in [0.4, 0.5) is 0 Å². The van der Waals surface area contributed by atoms with Gasteiger partial charge in [0.25, 0.3) is 0 Å². The molecule has 0 aliphatic carbocycles. The van der Waals surface area contributed by atoms with E-state index in [0.29, 0.717) is 0 Å². The van der Waals surface area contributed by atoms with E-state index in [4.69, 9.17) is 14.6 Å². The molecule has 1 fully saturated rings. The van der Waals surface area contributed by atoms with Crippen LogP contribution in [0, 0.1) is 0 Å². The van der Waals surface area contributed by atoms with E-state index < -0.39 is 24.4 Å². The lowest BCUT2D eigenvalue weighted by molar-refractivity contribution is -0.197. The van der Waals surface area contributed by atoms with Crippen LogP contribution in [-0.2, 0) is 9.47 Å². The van der Waals surface area contributed by atoms with Crippen LogP contribution < -0.4 is 0 Å². The Morgan fingerprint density at radius 3 is 2.58 bits per heavy atom. The van der Waals surface area contributed by atoms with Crippen LogP contribution in [0.3, 0.4) is 0 Å². The van der Waals surface area contributed by atoms with Gasteiger partial charge in [0.1, 0.15) is 24.4 Å². The van der Waals surface area contributed by atoms with Gasteiger partial charge in [-0.15, -0.1) is 0 Å². The molecule has 0 aromatic rings. The van der Waals surface area contributed by atoms with Gasteiger partial charge < -0.3 is 24.8 Å². The summed E-state index contributed by atoms with van der Waals surface area (Å²) in [5.74, 6) is 0. The monoisotopic (exact) mass is 178 g/mol. The van der Waals surface area contributed by atoms with Gasteiger partial charge in [-0.25, -0.2) is 0 Å². The molecule has 4 unspecified atom stereocenters. The molecule has 4 atom stereocenters. The van der Waals surface area contributed by atoms with Crippen LogP contribution in [0.2, 0.25) is 0 Å². The smallest absolute Gasteiger partial charge is 0.111 e. The van der Waals surface area contributed by atoms with Crippen molar-refractivity contribution in [1.29, 1.82) is 0 Å². The summed E-state index contributed by atoms with van der Waals surface area (Å²) in [6.07, 6.45) is -3.77. The number of rotatable bonds is 2. The molecule has 72 valence electrons. The quantitative estimate of drug-likeness (QED) is 0.461. The first kappa shape index (κ1) is 9.88. The molecule has 3 N–H and O–H groups in total. The summed E-state index contributed by atoms with van der Waals surface area (Å²) in [6, 6.07) is 0. The largest absolute Gasteiger partial charge is 0.388 e. The second-order valence-corrected chi connectivity index (χ2v) is 2.88. The first-order valence-corrected chi connectivity index (χ1v) is 3.81.